The van der Waals surface area contributed by atoms with Crippen molar-refractivity contribution in [1.29, 1.82) is 5.26 Å². The number of hydrogen-bond donors (Lipinski definition) is 1. The molecule has 1 saturated heterocycles. The summed E-state index contributed by atoms with van der Waals surface area (Å²) < 4.78 is 0. The van der Waals surface area contributed by atoms with Crippen LogP contribution in [0.5, 0.6) is 5.75 Å². The van der Waals surface area contributed by atoms with Crippen LogP contribution in [0.2, 0.25) is 0 Å². The minimum atomic E-state index is -0.130. The normalized spacial score (nSPS) is 14.0. The third kappa shape index (κ3) is 4.87. The molecular weight excluding hydrogens is 386 g/mol. The topological polar surface area (TPSA) is 67.6 Å². The zero-order valence-corrected chi connectivity index (χ0v) is 17.4. The van der Waals surface area contributed by atoms with Crippen LogP contribution in [0.4, 0.5) is 5.69 Å². The molecule has 1 N–H and O–H groups in total. The molecule has 5 heteroatoms. The molecule has 4 rings (SSSR count). The molecule has 1 heterocycles. The van der Waals surface area contributed by atoms with E-state index in [4.69, 9.17) is 5.26 Å². The molecule has 0 atom stereocenters. The van der Waals surface area contributed by atoms with E-state index in [2.05, 4.69) is 23.1 Å². The largest absolute Gasteiger partial charge is 0.507 e. The molecule has 0 aliphatic carbocycles. The maximum Gasteiger partial charge on any atom is 0.257 e. The van der Waals surface area contributed by atoms with Crippen molar-refractivity contribution in [2.45, 2.75) is 12.8 Å². The standard InChI is InChI=1S/C26H25N3O2/c27-19-21-7-10-23(11-8-21)28-13-4-14-29(16-15-28)26(31)24-18-22(9-12-25(24)30)17-20-5-2-1-3-6-20/h1-3,5-12,18,30H,4,13-17H2. The van der Waals surface area contributed by atoms with E-state index in [-0.39, 0.29) is 11.7 Å². The van der Waals surface area contributed by atoms with Gasteiger partial charge in [-0.05, 0) is 60.4 Å². The molecule has 1 aliphatic heterocycles. The second-order valence-electron chi connectivity index (χ2n) is 7.81. The molecule has 0 unspecified atom stereocenters. The van der Waals surface area contributed by atoms with Crippen LogP contribution in [0.25, 0.3) is 0 Å². The first kappa shape index (κ1) is 20.5. The van der Waals surface area contributed by atoms with Gasteiger partial charge in [0.1, 0.15) is 5.75 Å². The SMILES string of the molecule is N#Cc1ccc(N2CCCN(C(=O)c3cc(Cc4ccccc4)ccc3O)CC2)cc1. The van der Waals surface area contributed by atoms with Crippen LogP contribution in [0, 0.1) is 11.3 Å². The second-order valence-corrected chi connectivity index (χ2v) is 7.81. The van der Waals surface area contributed by atoms with Crippen molar-refractivity contribution in [1.82, 2.24) is 4.90 Å². The summed E-state index contributed by atoms with van der Waals surface area (Å²) in [7, 11) is 0. The summed E-state index contributed by atoms with van der Waals surface area (Å²) in [5, 5.41) is 19.4. The van der Waals surface area contributed by atoms with Gasteiger partial charge in [0, 0.05) is 31.9 Å². The Kier molecular flexibility index (Phi) is 6.18. The van der Waals surface area contributed by atoms with E-state index in [1.54, 1.807) is 6.07 Å². The summed E-state index contributed by atoms with van der Waals surface area (Å²) in [5.41, 5.74) is 4.23. The maximum absolute atomic E-state index is 13.2. The molecule has 0 spiro atoms. The summed E-state index contributed by atoms with van der Waals surface area (Å²) in [5.74, 6) is -0.107. The van der Waals surface area contributed by atoms with Crippen LogP contribution >= 0.6 is 0 Å². The lowest BCUT2D eigenvalue weighted by molar-refractivity contribution is 0.0764. The van der Waals surface area contributed by atoms with Gasteiger partial charge in [-0.1, -0.05) is 36.4 Å². The highest BCUT2D eigenvalue weighted by Crippen LogP contribution is 2.24. The van der Waals surface area contributed by atoms with E-state index in [1.165, 1.54) is 5.56 Å². The lowest BCUT2D eigenvalue weighted by Crippen LogP contribution is -2.35. The number of nitrogens with zero attached hydrogens (tertiary/aromatic N) is 3. The Labute approximate surface area is 182 Å². The number of amides is 1. The molecular formula is C26H25N3O2. The van der Waals surface area contributed by atoms with Crippen LogP contribution < -0.4 is 4.90 Å². The fourth-order valence-corrected chi connectivity index (χ4v) is 3.99. The summed E-state index contributed by atoms with van der Waals surface area (Å²) >= 11 is 0. The van der Waals surface area contributed by atoms with Crippen molar-refractivity contribution in [2.75, 3.05) is 31.1 Å². The van der Waals surface area contributed by atoms with Gasteiger partial charge in [0.15, 0.2) is 0 Å². The van der Waals surface area contributed by atoms with E-state index >= 15 is 0 Å². The molecule has 0 saturated carbocycles. The van der Waals surface area contributed by atoms with E-state index in [0.717, 1.165) is 24.2 Å². The fraction of sp³-hybridized carbons (Fsp3) is 0.231. The van der Waals surface area contributed by atoms with Crippen LogP contribution in [-0.4, -0.2) is 42.1 Å². The summed E-state index contributed by atoms with van der Waals surface area (Å²) in [6, 6.07) is 25.1. The first-order chi connectivity index (χ1) is 15.1. The van der Waals surface area contributed by atoms with Crippen LogP contribution in [0.1, 0.15) is 33.5 Å². The van der Waals surface area contributed by atoms with Gasteiger partial charge >= 0.3 is 0 Å². The Morgan fingerprint density at radius 3 is 2.42 bits per heavy atom. The maximum atomic E-state index is 13.2. The number of phenols is 1. The van der Waals surface area contributed by atoms with Gasteiger partial charge in [-0.15, -0.1) is 0 Å². The summed E-state index contributed by atoms with van der Waals surface area (Å²) in [6.45, 7) is 2.78. The molecule has 1 aliphatic rings. The van der Waals surface area contributed by atoms with Gasteiger partial charge < -0.3 is 14.9 Å². The molecule has 31 heavy (non-hydrogen) atoms. The predicted molar refractivity (Wildman–Crippen MR) is 121 cm³/mol. The minimum Gasteiger partial charge on any atom is -0.507 e. The number of carbonyl (C=O) groups is 1. The highest BCUT2D eigenvalue weighted by Gasteiger charge is 2.23. The van der Waals surface area contributed by atoms with Crippen LogP contribution in [0.15, 0.2) is 72.8 Å². The summed E-state index contributed by atoms with van der Waals surface area (Å²) in [4.78, 5) is 17.3. The van der Waals surface area contributed by atoms with E-state index in [1.807, 2.05) is 59.5 Å². The van der Waals surface area contributed by atoms with E-state index in [9.17, 15) is 9.90 Å². The second kappa shape index (κ2) is 9.36. The monoisotopic (exact) mass is 411 g/mol. The smallest absolute Gasteiger partial charge is 0.257 e. The molecule has 0 radical (unpaired) electrons. The Balaban J connectivity index is 1.46. The van der Waals surface area contributed by atoms with Crippen molar-refractivity contribution in [3.8, 4) is 11.8 Å². The zero-order valence-electron chi connectivity index (χ0n) is 17.4. The average molecular weight is 412 g/mol. The van der Waals surface area contributed by atoms with Crippen molar-refractivity contribution < 1.29 is 9.90 Å². The van der Waals surface area contributed by atoms with Crippen molar-refractivity contribution in [2.24, 2.45) is 0 Å². The highest BCUT2D eigenvalue weighted by molar-refractivity contribution is 5.97. The number of hydrogen-bond acceptors (Lipinski definition) is 4. The highest BCUT2D eigenvalue weighted by atomic mass is 16.3. The molecule has 5 nitrogen and oxygen atoms in total. The lowest BCUT2D eigenvalue weighted by atomic mass is 10.0. The Hall–Kier alpha value is -3.78. The Bertz CT molecular complexity index is 1090. The number of nitriles is 1. The van der Waals surface area contributed by atoms with Crippen molar-refractivity contribution in [3.63, 3.8) is 0 Å². The number of anilines is 1. The van der Waals surface area contributed by atoms with Crippen LogP contribution in [0.3, 0.4) is 0 Å². The number of carbonyl (C=O) groups excluding carboxylic acids is 1. The van der Waals surface area contributed by atoms with Gasteiger partial charge in [0.25, 0.3) is 5.91 Å². The molecule has 3 aromatic carbocycles. The predicted octanol–water partition coefficient (Wildman–Crippen LogP) is 4.21. The lowest BCUT2D eigenvalue weighted by Gasteiger charge is -2.24. The number of rotatable bonds is 4. The first-order valence-electron chi connectivity index (χ1n) is 10.5. The quantitative estimate of drug-likeness (QED) is 0.698. The first-order valence-corrected chi connectivity index (χ1v) is 10.5. The zero-order chi connectivity index (χ0) is 21.6. The van der Waals surface area contributed by atoms with Crippen molar-refractivity contribution in [3.05, 3.63) is 95.1 Å². The van der Waals surface area contributed by atoms with E-state index < -0.39 is 0 Å². The number of phenolic OH excluding ortho intramolecular Hbond substituents is 1. The van der Waals surface area contributed by atoms with Gasteiger partial charge in [-0.25, -0.2) is 0 Å². The van der Waals surface area contributed by atoms with Gasteiger partial charge in [-0.2, -0.15) is 5.26 Å². The van der Waals surface area contributed by atoms with Crippen molar-refractivity contribution >= 4 is 11.6 Å². The van der Waals surface area contributed by atoms with E-state index in [0.29, 0.717) is 37.2 Å². The third-order valence-electron chi connectivity index (χ3n) is 5.69. The molecule has 1 fully saturated rings. The molecule has 0 aromatic heterocycles. The molecule has 156 valence electrons. The number of aromatic hydroxyl groups is 1. The summed E-state index contributed by atoms with van der Waals surface area (Å²) in [6.07, 6.45) is 1.56. The fourth-order valence-electron chi connectivity index (χ4n) is 3.99. The molecule has 3 aromatic rings. The molecule has 1 amide bonds. The molecule has 0 bridgehead atoms. The Morgan fingerprint density at radius 2 is 1.68 bits per heavy atom. The van der Waals surface area contributed by atoms with Gasteiger partial charge in [0.05, 0.1) is 17.2 Å². The van der Waals surface area contributed by atoms with Crippen LogP contribution in [-0.2, 0) is 6.42 Å². The van der Waals surface area contributed by atoms with Gasteiger partial charge in [0.2, 0.25) is 0 Å². The Morgan fingerprint density at radius 1 is 0.903 bits per heavy atom. The van der Waals surface area contributed by atoms with Gasteiger partial charge in [-0.3, -0.25) is 4.79 Å². The minimum absolute atomic E-state index is 0.0232. The number of benzene rings is 3. The third-order valence-corrected chi connectivity index (χ3v) is 5.69. The average Bonchev–Trinajstić information content (AvgIpc) is 3.07.